The maximum atomic E-state index is 12.1. The molecule has 0 aliphatic carbocycles. The zero-order valence-corrected chi connectivity index (χ0v) is 14.1. The third kappa shape index (κ3) is 6.35. The molecule has 124 valence electrons. The van der Waals surface area contributed by atoms with Crippen molar-refractivity contribution in [2.75, 3.05) is 37.5 Å². The first-order valence-corrected chi connectivity index (χ1v) is 7.86. The smallest absolute Gasteiger partial charge is 0.319 e. The summed E-state index contributed by atoms with van der Waals surface area (Å²) >= 11 is 0. The number of aliphatic hydroxyl groups excluding tert-OH is 1. The van der Waals surface area contributed by atoms with Gasteiger partial charge in [0.25, 0.3) is 0 Å². The minimum absolute atomic E-state index is 0.157. The second kappa shape index (κ2) is 9.30. The lowest BCUT2D eigenvalue weighted by molar-refractivity contribution is 0.231. The van der Waals surface area contributed by atoms with E-state index in [0.717, 1.165) is 17.8 Å². The molecule has 0 aliphatic rings. The van der Waals surface area contributed by atoms with Crippen LogP contribution in [0.3, 0.4) is 0 Å². The number of hydrogen-bond donors (Lipinski definition) is 3. The Labute approximate surface area is 133 Å². The number of benzene rings is 1. The van der Waals surface area contributed by atoms with Gasteiger partial charge in [-0.05, 0) is 36.8 Å². The quantitative estimate of drug-likeness (QED) is 0.692. The molecule has 3 N–H and O–H groups in total. The Morgan fingerprint density at radius 3 is 2.55 bits per heavy atom. The first kappa shape index (κ1) is 18.3. The van der Waals surface area contributed by atoms with E-state index in [0.29, 0.717) is 24.8 Å². The summed E-state index contributed by atoms with van der Waals surface area (Å²) in [4.78, 5) is 14.0. The van der Waals surface area contributed by atoms with Crippen molar-refractivity contribution in [2.45, 2.75) is 26.7 Å². The molecule has 0 fully saturated rings. The number of carbonyl (C=O) groups is 1. The molecule has 5 heteroatoms. The van der Waals surface area contributed by atoms with E-state index in [1.807, 2.05) is 43.3 Å². The molecule has 0 spiro atoms. The summed E-state index contributed by atoms with van der Waals surface area (Å²) in [5.74, 6) is 0.857. The van der Waals surface area contributed by atoms with Gasteiger partial charge < -0.3 is 20.6 Å². The van der Waals surface area contributed by atoms with Crippen molar-refractivity contribution in [3.63, 3.8) is 0 Å². The molecule has 1 aromatic carbocycles. The molecule has 1 aromatic rings. The molecule has 22 heavy (non-hydrogen) atoms. The molecule has 5 nitrogen and oxygen atoms in total. The molecule has 1 unspecified atom stereocenters. The molecule has 1 atom stereocenters. The number of para-hydroxylation sites is 2. The minimum Gasteiger partial charge on any atom is -0.396 e. The van der Waals surface area contributed by atoms with Crippen LogP contribution in [0.4, 0.5) is 16.2 Å². The van der Waals surface area contributed by atoms with Crippen LogP contribution in [-0.2, 0) is 0 Å². The molecular formula is C17H29N3O2. The Bertz CT molecular complexity index is 461. The third-order valence-electron chi connectivity index (χ3n) is 3.53. The number of hydrogen-bond acceptors (Lipinski definition) is 3. The van der Waals surface area contributed by atoms with E-state index in [4.69, 9.17) is 5.11 Å². The molecule has 0 aromatic heterocycles. The Morgan fingerprint density at radius 1 is 1.27 bits per heavy atom. The van der Waals surface area contributed by atoms with E-state index >= 15 is 0 Å². The Morgan fingerprint density at radius 2 is 1.95 bits per heavy atom. The normalized spacial score (nSPS) is 12.1. The van der Waals surface area contributed by atoms with Crippen LogP contribution in [0.15, 0.2) is 24.3 Å². The monoisotopic (exact) mass is 307 g/mol. The van der Waals surface area contributed by atoms with Gasteiger partial charge in [-0.1, -0.05) is 26.0 Å². The van der Waals surface area contributed by atoms with Crippen LogP contribution in [0, 0.1) is 11.8 Å². The molecule has 0 aliphatic heterocycles. The van der Waals surface area contributed by atoms with E-state index in [2.05, 4.69) is 24.5 Å². The van der Waals surface area contributed by atoms with Gasteiger partial charge in [0, 0.05) is 27.2 Å². The highest BCUT2D eigenvalue weighted by Gasteiger charge is 2.13. The van der Waals surface area contributed by atoms with Crippen LogP contribution in [0.1, 0.15) is 26.7 Å². The molecule has 0 bridgehead atoms. The number of urea groups is 1. The number of nitrogens with one attached hydrogen (secondary N) is 2. The Hall–Kier alpha value is -1.75. The van der Waals surface area contributed by atoms with Gasteiger partial charge >= 0.3 is 6.03 Å². The van der Waals surface area contributed by atoms with Crippen molar-refractivity contribution in [1.29, 1.82) is 0 Å². The molecule has 1 rings (SSSR count). The Balaban J connectivity index is 2.55. The standard InChI is InChI=1S/C17H29N3O2/c1-13(2)11-14(9-10-21)12-18-17(22)19-15-7-5-6-8-16(15)20(3)4/h5-8,13-14,21H,9-12H2,1-4H3,(H2,18,19,22). The van der Waals surface area contributed by atoms with Crippen LogP contribution in [-0.4, -0.2) is 38.4 Å². The summed E-state index contributed by atoms with van der Waals surface area (Å²) in [5.41, 5.74) is 1.75. The second-order valence-electron chi connectivity index (χ2n) is 6.25. The fourth-order valence-corrected chi connectivity index (χ4v) is 2.53. The van der Waals surface area contributed by atoms with Gasteiger partial charge in [-0.2, -0.15) is 0 Å². The van der Waals surface area contributed by atoms with Crippen LogP contribution in [0.25, 0.3) is 0 Å². The average molecular weight is 307 g/mol. The zero-order chi connectivity index (χ0) is 16.5. The second-order valence-corrected chi connectivity index (χ2v) is 6.25. The third-order valence-corrected chi connectivity index (χ3v) is 3.53. The van der Waals surface area contributed by atoms with Gasteiger partial charge in [0.2, 0.25) is 0 Å². The highest BCUT2D eigenvalue weighted by molar-refractivity contribution is 5.93. The predicted octanol–water partition coefficient (Wildman–Crippen LogP) is 2.92. The lowest BCUT2D eigenvalue weighted by Gasteiger charge is -2.20. The summed E-state index contributed by atoms with van der Waals surface area (Å²) in [6.07, 6.45) is 1.71. The van der Waals surface area contributed by atoms with E-state index < -0.39 is 0 Å². The van der Waals surface area contributed by atoms with Crippen molar-refractivity contribution in [3.05, 3.63) is 24.3 Å². The van der Waals surface area contributed by atoms with Crippen molar-refractivity contribution in [3.8, 4) is 0 Å². The topological polar surface area (TPSA) is 64.6 Å². The van der Waals surface area contributed by atoms with Gasteiger partial charge in [-0.3, -0.25) is 0 Å². The largest absolute Gasteiger partial charge is 0.396 e. The number of rotatable bonds is 8. The van der Waals surface area contributed by atoms with E-state index in [1.165, 1.54) is 0 Å². The van der Waals surface area contributed by atoms with Crippen molar-refractivity contribution in [1.82, 2.24) is 5.32 Å². The van der Waals surface area contributed by atoms with Gasteiger partial charge in [-0.25, -0.2) is 4.79 Å². The van der Waals surface area contributed by atoms with Gasteiger partial charge in [0.1, 0.15) is 0 Å². The fraction of sp³-hybridized carbons (Fsp3) is 0.588. The molecular weight excluding hydrogens is 278 g/mol. The summed E-state index contributed by atoms with van der Waals surface area (Å²) in [6, 6.07) is 7.48. The zero-order valence-electron chi connectivity index (χ0n) is 14.1. The van der Waals surface area contributed by atoms with Crippen LogP contribution in [0.2, 0.25) is 0 Å². The van der Waals surface area contributed by atoms with E-state index in [-0.39, 0.29) is 12.6 Å². The first-order chi connectivity index (χ1) is 10.4. The number of amides is 2. The summed E-state index contributed by atoms with van der Waals surface area (Å²) in [5, 5.41) is 14.9. The van der Waals surface area contributed by atoms with Crippen molar-refractivity contribution >= 4 is 17.4 Å². The SMILES string of the molecule is CC(C)CC(CCO)CNC(=O)Nc1ccccc1N(C)C. The highest BCUT2D eigenvalue weighted by Crippen LogP contribution is 2.23. The Kier molecular flexibility index (Phi) is 7.74. The van der Waals surface area contributed by atoms with Crippen LogP contribution < -0.4 is 15.5 Å². The van der Waals surface area contributed by atoms with Crippen molar-refractivity contribution < 1.29 is 9.90 Å². The van der Waals surface area contributed by atoms with E-state index in [9.17, 15) is 4.79 Å². The molecule has 2 amide bonds. The molecule has 0 heterocycles. The van der Waals surface area contributed by atoms with Crippen molar-refractivity contribution in [2.24, 2.45) is 11.8 Å². The number of anilines is 2. The number of aliphatic hydroxyl groups is 1. The average Bonchev–Trinajstić information content (AvgIpc) is 2.45. The number of carbonyl (C=O) groups excluding carboxylic acids is 1. The molecule has 0 radical (unpaired) electrons. The lowest BCUT2D eigenvalue weighted by Crippen LogP contribution is -2.34. The van der Waals surface area contributed by atoms with Crippen LogP contribution >= 0.6 is 0 Å². The van der Waals surface area contributed by atoms with Crippen LogP contribution in [0.5, 0.6) is 0 Å². The fourth-order valence-electron chi connectivity index (χ4n) is 2.53. The summed E-state index contributed by atoms with van der Waals surface area (Å²) in [7, 11) is 3.89. The number of nitrogens with zero attached hydrogens (tertiary/aromatic N) is 1. The maximum absolute atomic E-state index is 12.1. The molecule has 0 saturated heterocycles. The first-order valence-electron chi connectivity index (χ1n) is 7.86. The molecule has 0 saturated carbocycles. The minimum atomic E-state index is -0.207. The summed E-state index contributed by atoms with van der Waals surface area (Å²) < 4.78 is 0. The van der Waals surface area contributed by atoms with Gasteiger partial charge in [0.15, 0.2) is 0 Å². The van der Waals surface area contributed by atoms with Gasteiger partial charge in [-0.15, -0.1) is 0 Å². The predicted molar refractivity (Wildman–Crippen MR) is 92.4 cm³/mol. The maximum Gasteiger partial charge on any atom is 0.319 e. The van der Waals surface area contributed by atoms with Gasteiger partial charge in [0.05, 0.1) is 11.4 Å². The summed E-state index contributed by atoms with van der Waals surface area (Å²) in [6.45, 7) is 5.04. The lowest BCUT2D eigenvalue weighted by atomic mass is 9.94. The highest BCUT2D eigenvalue weighted by atomic mass is 16.3. The van der Waals surface area contributed by atoms with E-state index in [1.54, 1.807) is 0 Å².